The minimum absolute atomic E-state index is 0.0450. The number of hydrogen-bond donors (Lipinski definition) is 1. The highest BCUT2D eigenvalue weighted by molar-refractivity contribution is 7.99. The first kappa shape index (κ1) is 25.9. The lowest BCUT2D eigenvalue weighted by Gasteiger charge is -2.13. The lowest BCUT2D eigenvalue weighted by atomic mass is 10.1. The molecule has 12 heteroatoms. The molecule has 5 nitrogen and oxygen atoms in total. The molecular weight excluding hydrogens is 538 g/mol. The molecule has 0 atom stereocenters. The fourth-order valence-corrected chi connectivity index (χ4v) is 5.32. The molecule has 0 aliphatic rings. The summed E-state index contributed by atoms with van der Waals surface area (Å²) in [4.78, 5) is 30.8. The first-order valence-electron chi connectivity index (χ1n) is 10.3. The summed E-state index contributed by atoms with van der Waals surface area (Å²) in [7, 11) is 0. The number of rotatable bonds is 7. The third-order valence-electron chi connectivity index (χ3n) is 5.03. The highest BCUT2D eigenvalue weighted by Crippen LogP contribution is 2.35. The molecule has 4 aromatic rings. The van der Waals surface area contributed by atoms with Gasteiger partial charge in [-0.05, 0) is 35.9 Å². The van der Waals surface area contributed by atoms with Gasteiger partial charge in [0.05, 0.1) is 27.4 Å². The van der Waals surface area contributed by atoms with E-state index in [2.05, 4.69) is 16.9 Å². The van der Waals surface area contributed by atoms with Gasteiger partial charge in [-0.25, -0.2) is 9.37 Å². The molecule has 0 aliphatic heterocycles. The zero-order chi connectivity index (χ0) is 26.0. The summed E-state index contributed by atoms with van der Waals surface area (Å²) in [5.41, 5.74) is -0.213. The van der Waals surface area contributed by atoms with Crippen LogP contribution in [0.1, 0.15) is 5.56 Å². The van der Waals surface area contributed by atoms with Crippen molar-refractivity contribution in [2.45, 2.75) is 17.9 Å². The molecule has 4 rings (SSSR count). The van der Waals surface area contributed by atoms with E-state index < -0.39 is 23.5 Å². The second kappa shape index (κ2) is 10.5. The minimum Gasteiger partial charge on any atom is -0.324 e. The predicted molar refractivity (Wildman–Crippen MR) is 135 cm³/mol. The standard InChI is InChI=1S/C24H16ClF4N3O2S2/c1-2-9-32-22(34)20-16(13-3-6-15(26)7-4-13)11-35-21(20)31-23(32)36-12-19(33)30-18-10-14(24(27,28)29)5-8-17(18)25/h2-8,10-11H,1,9,12H2,(H,30,33). The Kier molecular flexibility index (Phi) is 7.53. The Morgan fingerprint density at radius 1 is 1.22 bits per heavy atom. The summed E-state index contributed by atoms with van der Waals surface area (Å²) in [6.07, 6.45) is -3.09. The van der Waals surface area contributed by atoms with Gasteiger partial charge >= 0.3 is 6.18 Å². The summed E-state index contributed by atoms with van der Waals surface area (Å²) < 4.78 is 53.7. The summed E-state index contributed by atoms with van der Waals surface area (Å²) >= 11 is 8.12. The molecule has 36 heavy (non-hydrogen) atoms. The number of halogens is 5. The predicted octanol–water partition coefficient (Wildman–Crippen LogP) is 6.85. The van der Waals surface area contributed by atoms with Crippen LogP contribution < -0.4 is 10.9 Å². The van der Waals surface area contributed by atoms with E-state index >= 15 is 0 Å². The van der Waals surface area contributed by atoms with Crippen molar-refractivity contribution >= 4 is 56.5 Å². The molecule has 2 aromatic carbocycles. The number of thiophene rings is 1. The third-order valence-corrected chi connectivity index (χ3v) is 7.20. The van der Waals surface area contributed by atoms with Crippen molar-refractivity contribution in [3.05, 3.63) is 87.3 Å². The zero-order valence-corrected chi connectivity index (χ0v) is 20.6. The summed E-state index contributed by atoms with van der Waals surface area (Å²) in [6.45, 7) is 3.78. The number of alkyl halides is 3. The van der Waals surface area contributed by atoms with Crippen molar-refractivity contribution in [1.29, 1.82) is 0 Å². The monoisotopic (exact) mass is 553 g/mol. The number of aromatic nitrogens is 2. The van der Waals surface area contributed by atoms with Crippen molar-refractivity contribution in [2.24, 2.45) is 0 Å². The van der Waals surface area contributed by atoms with Crippen LogP contribution in [0.2, 0.25) is 5.02 Å². The lowest BCUT2D eigenvalue weighted by Crippen LogP contribution is -2.23. The number of nitrogens with zero attached hydrogens (tertiary/aromatic N) is 2. The number of carbonyl (C=O) groups is 1. The van der Waals surface area contributed by atoms with Gasteiger partial charge in [-0.1, -0.05) is 41.6 Å². The number of hydrogen-bond acceptors (Lipinski definition) is 5. The number of amides is 1. The van der Waals surface area contributed by atoms with E-state index in [1.54, 1.807) is 17.5 Å². The topological polar surface area (TPSA) is 64.0 Å². The second-order valence-corrected chi connectivity index (χ2v) is 9.67. The number of carbonyl (C=O) groups excluding carboxylic acids is 1. The van der Waals surface area contributed by atoms with Crippen molar-refractivity contribution in [3.8, 4) is 11.1 Å². The quantitative estimate of drug-likeness (QED) is 0.118. The van der Waals surface area contributed by atoms with Gasteiger partial charge in [0.25, 0.3) is 5.56 Å². The van der Waals surface area contributed by atoms with Gasteiger partial charge in [0.1, 0.15) is 10.6 Å². The fraction of sp³-hybridized carbons (Fsp3) is 0.125. The van der Waals surface area contributed by atoms with Crippen molar-refractivity contribution < 1.29 is 22.4 Å². The average molecular weight is 554 g/mol. The Balaban J connectivity index is 1.61. The number of benzene rings is 2. The second-order valence-electron chi connectivity index (χ2n) is 7.46. The third kappa shape index (κ3) is 5.48. The van der Waals surface area contributed by atoms with Gasteiger partial charge in [0.2, 0.25) is 5.91 Å². The van der Waals surface area contributed by atoms with E-state index in [1.165, 1.54) is 34.1 Å². The van der Waals surface area contributed by atoms with Crippen LogP contribution in [0, 0.1) is 5.82 Å². The van der Waals surface area contributed by atoms with Crippen LogP contribution >= 0.6 is 34.7 Å². The highest BCUT2D eigenvalue weighted by Gasteiger charge is 2.31. The molecule has 0 saturated heterocycles. The smallest absolute Gasteiger partial charge is 0.324 e. The van der Waals surface area contributed by atoms with Gasteiger partial charge in [0, 0.05) is 17.5 Å². The lowest BCUT2D eigenvalue weighted by molar-refractivity contribution is -0.137. The van der Waals surface area contributed by atoms with E-state index in [0.717, 1.165) is 30.0 Å². The Bertz CT molecular complexity index is 1520. The largest absolute Gasteiger partial charge is 0.416 e. The Morgan fingerprint density at radius 2 is 1.94 bits per heavy atom. The molecule has 2 aromatic heterocycles. The van der Waals surface area contributed by atoms with Gasteiger partial charge in [-0.2, -0.15) is 13.2 Å². The van der Waals surface area contributed by atoms with E-state index in [0.29, 0.717) is 21.3 Å². The Morgan fingerprint density at radius 3 is 2.61 bits per heavy atom. The maximum atomic E-state index is 13.3. The molecule has 1 amide bonds. The maximum absolute atomic E-state index is 13.3. The first-order chi connectivity index (χ1) is 17.1. The van der Waals surface area contributed by atoms with Crippen LogP contribution in [0.25, 0.3) is 21.3 Å². The van der Waals surface area contributed by atoms with Crippen molar-refractivity contribution in [3.63, 3.8) is 0 Å². The van der Waals surface area contributed by atoms with Crippen LogP contribution in [-0.2, 0) is 17.5 Å². The van der Waals surface area contributed by atoms with Crippen LogP contribution in [-0.4, -0.2) is 21.2 Å². The highest BCUT2D eigenvalue weighted by atomic mass is 35.5. The van der Waals surface area contributed by atoms with Crippen LogP contribution in [0.5, 0.6) is 0 Å². The summed E-state index contributed by atoms with van der Waals surface area (Å²) in [5.74, 6) is -1.26. The van der Waals surface area contributed by atoms with E-state index in [1.807, 2.05) is 0 Å². The molecule has 0 aliphatic carbocycles. The molecule has 0 spiro atoms. The molecule has 0 unspecified atom stereocenters. The normalized spacial score (nSPS) is 11.6. The van der Waals surface area contributed by atoms with Gasteiger partial charge in [0.15, 0.2) is 5.16 Å². The molecule has 186 valence electrons. The summed E-state index contributed by atoms with van der Waals surface area (Å²) in [5, 5.41) is 4.68. The van der Waals surface area contributed by atoms with Gasteiger partial charge in [-0.15, -0.1) is 17.9 Å². The van der Waals surface area contributed by atoms with E-state index in [9.17, 15) is 27.2 Å². The number of fused-ring (bicyclic) bond motifs is 1. The first-order valence-corrected chi connectivity index (χ1v) is 12.5. The molecule has 0 radical (unpaired) electrons. The zero-order valence-electron chi connectivity index (χ0n) is 18.2. The van der Waals surface area contributed by atoms with Crippen LogP contribution in [0.3, 0.4) is 0 Å². The molecule has 1 N–H and O–H groups in total. The fourth-order valence-electron chi connectivity index (χ4n) is 3.36. The molecular formula is C24H16ClF4N3O2S2. The SMILES string of the molecule is C=CCn1c(SCC(=O)Nc2cc(C(F)(F)F)ccc2Cl)nc2scc(-c3ccc(F)cc3)c2c1=O. The maximum Gasteiger partial charge on any atom is 0.416 e. The molecule has 0 saturated carbocycles. The molecule has 0 bridgehead atoms. The molecule has 0 fully saturated rings. The van der Waals surface area contributed by atoms with Gasteiger partial charge in [-0.3, -0.25) is 14.2 Å². The Hall–Kier alpha value is -3.15. The van der Waals surface area contributed by atoms with Crippen LogP contribution in [0.4, 0.5) is 23.2 Å². The van der Waals surface area contributed by atoms with E-state index in [-0.39, 0.29) is 33.7 Å². The minimum atomic E-state index is -4.59. The van der Waals surface area contributed by atoms with Crippen molar-refractivity contribution in [1.82, 2.24) is 9.55 Å². The number of anilines is 1. The van der Waals surface area contributed by atoms with Crippen molar-refractivity contribution in [2.75, 3.05) is 11.1 Å². The van der Waals surface area contributed by atoms with E-state index in [4.69, 9.17) is 11.6 Å². The van der Waals surface area contributed by atoms with Gasteiger partial charge < -0.3 is 5.32 Å². The average Bonchev–Trinajstić information content (AvgIpc) is 3.25. The molecule has 2 heterocycles. The number of thioether (sulfide) groups is 1. The van der Waals surface area contributed by atoms with Crippen LogP contribution in [0.15, 0.2) is 70.5 Å². The summed E-state index contributed by atoms with van der Waals surface area (Å²) in [6, 6.07) is 8.37. The number of nitrogens with one attached hydrogen (secondary N) is 1. The number of allylic oxidation sites excluding steroid dienone is 1. The Labute approximate surface area is 215 Å².